The van der Waals surface area contributed by atoms with Crippen molar-refractivity contribution >= 4 is 18.0 Å². The average Bonchev–Trinajstić information content (AvgIpc) is 2.22. The predicted molar refractivity (Wildman–Crippen MR) is 65.5 cm³/mol. The van der Waals surface area contributed by atoms with Crippen molar-refractivity contribution in [1.29, 1.82) is 0 Å². The van der Waals surface area contributed by atoms with E-state index < -0.39 is 42.3 Å². The minimum atomic E-state index is -1.27. The van der Waals surface area contributed by atoms with Crippen LogP contribution in [0.1, 0.15) is 27.7 Å². The topological polar surface area (TPSA) is 125 Å². The van der Waals surface area contributed by atoms with E-state index in [0.717, 1.165) is 0 Å². The number of rotatable bonds is 5. The quantitative estimate of drug-likeness (QED) is 0.534. The number of amides is 2. The van der Waals surface area contributed by atoms with Crippen LogP contribution in [-0.2, 0) is 14.3 Å². The van der Waals surface area contributed by atoms with Gasteiger partial charge in [-0.2, -0.15) is 0 Å². The van der Waals surface area contributed by atoms with E-state index in [1.54, 1.807) is 20.8 Å². The van der Waals surface area contributed by atoms with Crippen molar-refractivity contribution in [3.05, 3.63) is 0 Å². The van der Waals surface area contributed by atoms with Gasteiger partial charge >= 0.3 is 12.1 Å². The summed E-state index contributed by atoms with van der Waals surface area (Å²) in [6, 6.07) is -2.39. The van der Waals surface area contributed by atoms with Crippen LogP contribution in [0, 0.1) is 0 Å². The number of carbonyl (C=O) groups excluding carboxylic acids is 2. The number of carboxylic acids is 1. The molecule has 0 aliphatic carbocycles. The van der Waals surface area contributed by atoms with E-state index in [4.69, 9.17) is 14.9 Å². The normalized spacial score (nSPS) is 14.2. The van der Waals surface area contributed by atoms with Gasteiger partial charge in [0.2, 0.25) is 5.91 Å². The molecule has 2 atom stereocenters. The first kappa shape index (κ1) is 17.2. The van der Waals surface area contributed by atoms with Crippen molar-refractivity contribution < 1.29 is 29.3 Å². The number of aliphatic carboxylic acids is 1. The van der Waals surface area contributed by atoms with Gasteiger partial charge in [0.25, 0.3) is 0 Å². The Morgan fingerprint density at radius 2 is 1.74 bits per heavy atom. The Bertz CT molecular complexity index is 350. The molecule has 0 spiro atoms. The Kier molecular flexibility index (Phi) is 6.26. The molecule has 0 rings (SSSR count). The van der Waals surface area contributed by atoms with Crippen LogP contribution in [0.15, 0.2) is 0 Å². The van der Waals surface area contributed by atoms with Crippen LogP contribution in [0.5, 0.6) is 0 Å². The van der Waals surface area contributed by atoms with E-state index in [9.17, 15) is 14.4 Å². The van der Waals surface area contributed by atoms with Crippen molar-refractivity contribution in [3.8, 4) is 0 Å². The number of hydrogen-bond acceptors (Lipinski definition) is 5. The SMILES string of the molecule is CC(NC(=O)C(CO)NC(=O)OC(C)(C)C)C(=O)O. The third-order valence-electron chi connectivity index (χ3n) is 1.92. The molecule has 0 heterocycles. The molecule has 19 heavy (non-hydrogen) atoms. The summed E-state index contributed by atoms with van der Waals surface area (Å²) in [5.74, 6) is -2.02. The summed E-state index contributed by atoms with van der Waals surface area (Å²) in [6.07, 6.45) is -0.871. The standard InChI is InChI=1S/C11H20N2O6/c1-6(9(16)17)12-8(15)7(5-14)13-10(18)19-11(2,3)4/h6-7,14H,5H2,1-4H3,(H,12,15)(H,13,18)(H,16,17). The van der Waals surface area contributed by atoms with Gasteiger partial charge in [0, 0.05) is 0 Å². The predicted octanol–water partition coefficient (Wildman–Crippen LogP) is -0.539. The molecule has 0 aliphatic rings. The molecule has 0 saturated heterocycles. The molecule has 2 amide bonds. The second-order valence-electron chi connectivity index (χ2n) is 4.95. The lowest BCUT2D eigenvalue weighted by atomic mass is 10.2. The van der Waals surface area contributed by atoms with Crippen molar-refractivity contribution in [3.63, 3.8) is 0 Å². The number of alkyl carbamates (subject to hydrolysis) is 1. The van der Waals surface area contributed by atoms with E-state index in [2.05, 4.69) is 10.6 Å². The fourth-order valence-electron chi connectivity index (χ4n) is 1.02. The van der Waals surface area contributed by atoms with Crippen molar-refractivity contribution in [2.24, 2.45) is 0 Å². The number of hydrogen-bond donors (Lipinski definition) is 4. The van der Waals surface area contributed by atoms with Gasteiger partial charge in [-0.1, -0.05) is 0 Å². The zero-order valence-electron chi connectivity index (χ0n) is 11.4. The van der Waals surface area contributed by atoms with Crippen LogP contribution in [0.3, 0.4) is 0 Å². The van der Waals surface area contributed by atoms with Crippen molar-refractivity contribution in [2.45, 2.75) is 45.4 Å². The van der Waals surface area contributed by atoms with Crippen LogP contribution in [0.4, 0.5) is 4.79 Å². The Morgan fingerprint density at radius 1 is 1.21 bits per heavy atom. The van der Waals surface area contributed by atoms with Crippen LogP contribution in [-0.4, -0.2) is 52.5 Å². The third-order valence-corrected chi connectivity index (χ3v) is 1.92. The number of carboxylic acid groups (broad SMARTS) is 1. The summed E-state index contributed by atoms with van der Waals surface area (Å²) >= 11 is 0. The number of aliphatic hydroxyl groups excluding tert-OH is 1. The molecule has 0 saturated carbocycles. The Labute approximate surface area is 111 Å². The van der Waals surface area contributed by atoms with Gasteiger partial charge in [0.1, 0.15) is 17.7 Å². The summed E-state index contributed by atoms with van der Waals surface area (Å²) in [4.78, 5) is 33.6. The first-order valence-corrected chi connectivity index (χ1v) is 5.70. The van der Waals surface area contributed by atoms with Gasteiger partial charge in [0.15, 0.2) is 0 Å². The second kappa shape index (κ2) is 6.93. The molecule has 4 N–H and O–H groups in total. The van der Waals surface area contributed by atoms with E-state index >= 15 is 0 Å². The lowest BCUT2D eigenvalue weighted by Crippen LogP contribution is -2.53. The first-order valence-electron chi connectivity index (χ1n) is 5.70. The van der Waals surface area contributed by atoms with E-state index in [1.807, 2.05) is 0 Å². The summed E-state index contributed by atoms with van der Waals surface area (Å²) in [7, 11) is 0. The molecule has 2 unspecified atom stereocenters. The number of nitrogens with one attached hydrogen (secondary N) is 2. The van der Waals surface area contributed by atoms with Gasteiger partial charge in [-0.3, -0.25) is 9.59 Å². The molecule has 0 fully saturated rings. The van der Waals surface area contributed by atoms with Crippen LogP contribution in [0.2, 0.25) is 0 Å². The molecule has 0 radical (unpaired) electrons. The maximum Gasteiger partial charge on any atom is 0.408 e. The van der Waals surface area contributed by atoms with E-state index in [1.165, 1.54) is 6.92 Å². The van der Waals surface area contributed by atoms with E-state index in [0.29, 0.717) is 0 Å². The Balaban J connectivity index is 4.46. The lowest BCUT2D eigenvalue weighted by Gasteiger charge is -2.22. The zero-order valence-corrected chi connectivity index (χ0v) is 11.4. The smallest absolute Gasteiger partial charge is 0.408 e. The number of aliphatic hydroxyl groups is 1. The van der Waals surface area contributed by atoms with Gasteiger partial charge in [0.05, 0.1) is 6.61 Å². The largest absolute Gasteiger partial charge is 0.480 e. The molecular weight excluding hydrogens is 256 g/mol. The molecule has 0 aromatic carbocycles. The summed E-state index contributed by atoms with van der Waals surface area (Å²) in [5.41, 5.74) is -0.741. The molecule has 8 heteroatoms. The Hall–Kier alpha value is -1.83. The van der Waals surface area contributed by atoms with Crippen LogP contribution in [0.25, 0.3) is 0 Å². The minimum Gasteiger partial charge on any atom is -0.480 e. The molecule has 8 nitrogen and oxygen atoms in total. The summed E-state index contributed by atoms with van der Waals surface area (Å²) in [5, 5.41) is 21.9. The maximum absolute atomic E-state index is 11.6. The van der Waals surface area contributed by atoms with Gasteiger partial charge < -0.3 is 25.6 Å². The average molecular weight is 276 g/mol. The highest BCUT2D eigenvalue weighted by atomic mass is 16.6. The Morgan fingerprint density at radius 3 is 2.11 bits per heavy atom. The molecule has 110 valence electrons. The van der Waals surface area contributed by atoms with Crippen LogP contribution < -0.4 is 10.6 Å². The van der Waals surface area contributed by atoms with Crippen LogP contribution >= 0.6 is 0 Å². The highest BCUT2D eigenvalue weighted by Gasteiger charge is 2.25. The zero-order chi connectivity index (χ0) is 15.2. The monoisotopic (exact) mass is 276 g/mol. The number of ether oxygens (including phenoxy) is 1. The fourth-order valence-corrected chi connectivity index (χ4v) is 1.02. The van der Waals surface area contributed by atoms with Crippen molar-refractivity contribution in [1.82, 2.24) is 10.6 Å². The van der Waals surface area contributed by atoms with Gasteiger partial charge in [-0.25, -0.2) is 4.79 Å². The minimum absolute atomic E-state index is 0.669. The molecule has 0 aromatic heterocycles. The molecular formula is C11H20N2O6. The molecule has 0 bridgehead atoms. The summed E-state index contributed by atoms with van der Waals surface area (Å²) < 4.78 is 4.92. The second-order valence-corrected chi connectivity index (χ2v) is 4.95. The summed E-state index contributed by atoms with van der Waals surface area (Å²) in [6.45, 7) is 5.53. The van der Waals surface area contributed by atoms with E-state index in [-0.39, 0.29) is 0 Å². The van der Waals surface area contributed by atoms with Crippen molar-refractivity contribution in [2.75, 3.05) is 6.61 Å². The van der Waals surface area contributed by atoms with Gasteiger partial charge in [-0.15, -0.1) is 0 Å². The molecule has 0 aromatic rings. The third kappa shape index (κ3) is 7.24. The highest BCUT2D eigenvalue weighted by molar-refractivity contribution is 5.89. The maximum atomic E-state index is 11.6. The lowest BCUT2D eigenvalue weighted by molar-refractivity contribution is -0.141. The number of carbonyl (C=O) groups is 3. The first-order chi connectivity index (χ1) is 8.56. The molecule has 0 aliphatic heterocycles. The highest BCUT2D eigenvalue weighted by Crippen LogP contribution is 2.06. The fraction of sp³-hybridized carbons (Fsp3) is 0.727. The van der Waals surface area contributed by atoms with Gasteiger partial charge in [-0.05, 0) is 27.7 Å².